The van der Waals surface area contributed by atoms with Crippen LogP contribution in [0.4, 0.5) is 0 Å². The molecule has 122 valence electrons. The standard InChI is InChI=1S/C17H25ClN2O2/c1-13(2)11-19-6-8-20(9-7-19)17(21)12-22-15-4-5-16(18)14(3)10-15/h4-5,10,13H,6-9,11-12H2,1-3H3. The van der Waals surface area contributed by atoms with Gasteiger partial charge in [-0.25, -0.2) is 0 Å². The quantitative estimate of drug-likeness (QED) is 0.835. The third-order valence-electron chi connectivity index (χ3n) is 3.84. The van der Waals surface area contributed by atoms with Gasteiger partial charge in [0.05, 0.1) is 0 Å². The molecule has 0 unspecified atom stereocenters. The van der Waals surface area contributed by atoms with Crippen molar-refractivity contribution in [1.82, 2.24) is 9.80 Å². The predicted octanol–water partition coefficient (Wildman–Crippen LogP) is 2.83. The van der Waals surface area contributed by atoms with Crippen LogP contribution in [-0.4, -0.2) is 55.0 Å². The number of benzene rings is 1. The first-order valence-electron chi connectivity index (χ1n) is 7.85. The van der Waals surface area contributed by atoms with Crippen LogP contribution in [0.5, 0.6) is 5.75 Å². The second-order valence-electron chi connectivity index (χ2n) is 6.27. The van der Waals surface area contributed by atoms with Gasteiger partial charge in [-0.3, -0.25) is 9.69 Å². The zero-order valence-corrected chi connectivity index (χ0v) is 14.4. The van der Waals surface area contributed by atoms with Gasteiger partial charge < -0.3 is 9.64 Å². The zero-order chi connectivity index (χ0) is 16.1. The van der Waals surface area contributed by atoms with E-state index < -0.39 is 0 Å². The molecule has 0 radical (unpaired) electrons. The number of hydrogen-bond donors (Lipinski definition) is 0. The molecule has 4 nitrogen and oxygen atoms in total. The summed E-state index contributed by atoms with van der Waals surface area (Å²) in [5.41, 5.74) is 0.953. The summed E-state index contributed by atoms with van der Waals surface area (Å²) in [7, 11) is 0. The van der Waals surface area contributed by atoms with Crippen LogP contribution in [0, 0.1) is 12.8 Å². The summed E-state index contributed by atoms with van der Waals surface area (Å²) in [5, 5.41) is 0.708. The Morgan fingerprint density at radius 1 is 1.27 bits per heavy atom. The molecule has 0 aromatic heterocycles. The summed E-state index contributed by atoms with van der Waals surface area (Å²) in [5.74, 6) is 1.41. The van der Waals surface area contributed by atoms with Crippen LogP contribution in [0.25, 0.3) is 0 Å². The molecular weight excluding hydrogens is 300 g/mol. The topological polar surface area (TPSA) is 32.8 Å². The van der Waals surface area contributed by atoms with E-state index in [9.17, 15) is 4.79 Å². The Kier molecular flexibility index (Phi) is 6.09. The van der Waals surface area contributed by atoms with Crippen molar-refractivity contribution in [3.05, 3.63) is 28.8 Å². The number of hydrogen-bond acceptors (Lipinski definition) is 3. The molecule has 0 spiro atoms. The highest BCUT2D eigenvalue weighted by atomic mass is 35.5. The SMILES string of the molecule is Cc1cc(OCC(=O)N2CCN(CC(C)C)CC2)ccc1Cl. The summed E-state index contributed by atoms with van der Waals surface area (Å²) in [6.45, 7) is 11.0. The lowest BCUT2D eigenvalue weighted by Gasteiger charge is -2.35. The molecule has 1 aromatic rings. The number of piperazine rings is 1. The minimum absolute atomic E-state index is 0.0526. The second kappa shape index (κ2) is 7.84. The van der Waals surface area contributed by atoms with Gasteiger partial charge in [-0.05, 0) is 36.6 Å². The highest BCUT2D eigenvalue weighted by Crippen LogP contribution is 2.21. The molecule has 1 aliphatic heterocycles. The van der Waals surface area contributed by atoms with Crippen LogP contribution in [0.15, 0.2) is 18.2 Å². The molecule has 1 aromatic carbocycles. The van der Waals surface area contributed by atoms with Crippen molar-refractivity contribution in [2.75, 3.05) is 39.3 Å². The first-order valence-corrected chi connectivity index (χ1v) is 8.22. The minimum Gasteiger partial charge on any atom is -0.484 e. The van der Waals surface area contributed by atoms with Crippen molar-refractivity contribution < 1.29 is 9.53 Å². The first kappa shape index (κ1) is 17.1. The maximum Gasteiger partial charge on any atom is 0.260 e. The molecular formula is C17H25ClN2O2. The van der Waals surface area contributed by atoms with Crippen LogP contribution in [0.3, 0.4) is 0 Å². The number of rotatable bonds is 5. The number of amides is 1. The number of carbonyl (C=O) groups is 1. The average Bonchev–Trinajstić information content (AvgIpc) is 2.48. The third-order valence-corrected chi connectivity index (χ3v) is 4.26. The van der Waals surface area contributed by atoms with Crippen LogP contribution < -0.4 is 4.74 Å². The molecule has 2 rings (SSSR count). The Bertz CT molecular complexity index is 511. The summed E-state index contributed by atoms with van der Waals surface area (Å²) in [6.07, 6.45) is 0. The highest BCUT2D eigenvalue weighted by molar-refractivity contribution is 6.31. The summed E-state index contributed by atoms with van der Waals surface area (Å²) < 4.78 is 5.58. The van der Waals surface area contributed by atoms with Gasteiger partial charge in [0.15, 0.2) is 6.61 Å². The smallest absolute Gasteiger partial charge is 0.260 e. The number of halogens is 1. The van der Waals surface area contributed by atoms with Crippen molar-refractivity contribution in [2.45, 2.75) is 20.8 Å². The highest BCUT2D eigenvalue weighted by Gasteiger charge is 2.21. The Morgan fingerprint density at radius 2 is 1.95 bits per heavy atom. The van der Waals surface area contributed by atoms with E-state index in [4.69, 9.17) is 16.3 Å². The van der Waals surface area contributed by atoms with Gasteiger partial charge in [0.1, 0.15) is 5.75 Å². The second-order valence-corrected chi connectivity index (χ2v) is 6.68. The van der Waals surface area contributed by atoms with Gasteiger partial charge in [-0.1, -0.05) is 25.4 Å². The molecule has 1 saturated heterocycles. The molecule has 1 fully saturated rings. The number of nitrogens with zero attached hydrogens (tertiary/aromatic N) is 2. The molecule has 0 saturated carbocycles. The summed E-state index contributed by atoms with van der Waals surface area (Å²) in [4.78, 5) is 16.5. The molecule has 5 heteroatoms. The minimum atomic E-state index is 0.0526. The molecule has 1 amide bonds. The van der Waals surface area contributed by atoms with Crippen molar-refractivity contribution in [2.24, 2.45) is 5.92 Å². The van der Waals surface area contributed by atoms with Gasteiger partial charge in [0.2, 0.25) is 0 Å². The van der Waals surface area contributed by atoms with Crippen LogP contribution in [0.1, 0.15) is 19.4 Å². The van der Waals surface area contributed by atoms with E-state index in [1.165, 1.54) is 0 Å². The summed E-state index contributed by atoms with van der Waals surface area (Å²) in [6, 6.07) is 5.45. The normalized spacial score (nSPS) is 16.1. The largest absolute Gasteiger partial charge is 0.484 e. The fourth-order valence-electron chi connectivity index (χ4n) is 2.64. The molecule has 1 heterocycles. The fourth-order valence-corrected chi connectivity index (χ4v) is 2.76. The van der Waals surface area contributed by atoms with E-state index in [0.29, 0.717) is 16.7 Å². The Balaban J connectivity index is 1.77. The maximum absolute atomic E-state index is 12.2. The fraction of sp³-hybridized carbons (Fsp3) is 0.588. The van der Waals surface area contributed by atoms with Gasteiger partial charge in [-0.2, -0.15) is 0 Å². The monoisotopic (exact) mass is 324 g/mol. The van der Waals surface area contributed by atoms with Crippen molar-refractivity contribution in [3.8, 4) is 5.75 Å². The van der Waals surface area contributed by atoms with Gasteiger partial charge >= 0.3 is 0 Å². The molecule has 0 bridgehead atoms. The lowest BCUT2D eigenvalue weighted by atomic mass is 10.2. The van der Waals surface area contributed by atoms with Gasteiger partial charge in [-0.15, -0.1) is 0 Å². The van der Waals surface area contributed by atoms with Crippen molar-refractivity contribution >= 4 is 17.5 Å². The average molecular weight is 325 g/mol. The summed E-state index contributed by atoms with van der Waals surface area (Å²) >= 11 is 5.98. The Morgan fingerprint density at radius 3 is 2.55 bits per heavy atom. The third kappa shape index (κ3) is 4.89. The Labute approximate surface area is 138 Å². The number of ether oxygens (including phenoxy) is 1. The predicted molar refractivity (Wildman–Crippen MR) is 89.5 cm³/mol. The molecule has 1 aliphatic rings. The Hall–Kier alpha value is -1.26. The maximum atomic E-state index is 12.2. The van der Waals surface area contributed by atoms with E-state index in [2.05, 4.69) is 18.7 Å². The number of aryl methyl sites for hydroxylation is 1. The van der Waals surface area contributed by atoms with E-state index in [-0.39, 0.29) is 12.5 Å². The van der Waals surface area contributed by atoms with E-state index >= 15 is 0 Å². The lowest BCUT2D eigenvalue weighted by molar-refractivity contribution is -0.135. The van der Waals surface area contributed by atoms with Gasteiger partial charge in [0.25, 0.3) is 5.91 Å². The van der Waals surface area contributed by atoms with Gasteiger partial charge in [0, 0.05) is 37.7 Å². The van der Waals surface area contributed by atoms with Crippen LogP contribution >= 0.6 is 11.6 Å². The van der Waals surface area contributed by atoms with E-state index in [1.807, 2.05) is 17.9 Å². The zero-order valence-electron chi connectivity index (χ0n) is 13.6. The molecule has 0 N–H and O–H groups in total. The van der Waals surface area contributed by atoms with Crippen molar-refractivity contribution in [3.63, 3.8) is 0 Å². The van der Waals surface area contributed by atoms with Crippen LogP contribution in [-0.2, 0) is 4.79 Å². The van der Waals surface area contributed by atoms with Crippen molar-refractivity contribution in [1.29, 1.82) is 0 Å². The molecule has 0 atom stereocenters. The van der Waals surface area contributed by atoms with Crippen LogP contribution in [0.2, 0.25) is 5.02 Å². The molecule has 22 heavy (non-hydrogen) atoms. The number of carbonyl (C=O) groups excluding carboxylic acids is 1. The van der Waals surface area contributed by atoms with E-state index in [1.54, 1.807) is 12.1 Å². The first-order chi connectivity index (χ1) is 10.5. The van der Waals surface area contributed by atoms with E-state index in [0.717, 1.165) is 38.3 Å². The lowest BCUT2D eigenvalue weighted by Crippen LogP contribution is -2.50. The molecule has 0 aliphatic carbocycles.